The van der Waals surface area contributed by atoms with Crippen molar-refractivity contribution in [1.82, 2.24) is 24.8 Å². The lowest BCUT2D eigenvalue weighted by Crippen LogP contribution is -2.55. The Hall–Kier alpha value is -2.91. The lowest BCUT2D eigenvalue weighted by atomic mass is 9.99. The smallest absolute Gasteiger partial charge is 0.239 e. The molecule has 0 amide bonds. The molecule has 0 bridgehead atoms. The molecule has 0 spiro atoms. The van der Waals surface area contributed by atoms with Crippen LogP contribution in [0.25, 0.3) is 11.3 Å². The molecule has 1 unspecified atom stereocenters. The molecular weight excluding hydrogens is 443 g/mol. The molecule has 35 heavy (non-hydrogen) atoms. The number of likely N-dealkylation sites (tertiary alicyclic amines) is 1. The van der Waals surface area contributed by atoms with Crippen LogP contribution in [0, 0.1) is 17.9 Å². The Kier molecular flexibility index (Phi) is 6.80. The summed E-state index contributed by atoms with van der Waals surface area (Å²) in [6.45, 7) is 8.37. The highest BCUT2D eigenvalue weighted by Crippen LogP contribution is 2.41. The van der Waals surface area contributed by atoms with E-state index in [1.165, 1.54) is 25.0 Å². The van der Waals surface area contributed by atoms with Crippen LogP contribution in [0.1, 0.15) is 42.5 Å². The van der Waals surface area contributed by atoms with Gasteiger partial charge in [-0.25, -0.2) is 9.37 Å². The number of fused-ring (bicyclic) bond motifs is 1. The van der Waals surface area contributed by atoms with Crippen LogP contribution >= 0.6 is 0 Å². The van der Waals surface area contributed by atoms with Gasteiger partial charge in [-0.1, -0.05) is 30.3 Å². The molecule has 0 aliphatic carbocycles. The van der Waals surface area contributed by atoms with E-state index < -0.39 is 4.65 Å². The third kappa shape index (κ3) is 4.79. The molecule has 2 aromatic carbocycles. The fourth-order valence-corrected chi connectivity index (χ4v) is 5.19. The molecule has 2 aliphatic rings. The van der Waals surface area contributed by atoms with Gasteiger partial charge in [-0.3, -0.25) is 9.96 Å². The fraction of sp³-hybridized carbons (Fsp3) is 0.407. The molecular formula is C27H33FN6O. The van der Waals surface area contributed by atoms with Crippen LogP contribution in [0.5, 0.6) is 0 Å². The van der Waals surface area contributed by atoms with Crippen molar-refractivity contribution in [3.05, 3.63) is 76.2 Å². The highest BCUT2D eigenvalue weighted by molar-refractivity contribution is 5.73. The Morgan fingerprint density at radius 3 is 2.66 bits per heavy atom. The first-order valence-corrected chi connectivity index (χ1v) is 12.4. The van der Waals surface area contributed by atoms with Crippen LogP contribution in [-0.2, 0) is 6.54 Å². The van der Waals surface area contributed by atoms with Crippen molar-refractivity contribution in [3.63, 3.8) is 0 Å². The minimum atomic E-state index is -0.629. The van der Waals surface area contributed by atoms with Gasteiger partial charge in [0.25, 0.3) is 0 Å². The third-order valence-corrected chi connectivity index (χ3v) is 7.25. The number of nitrogens with one attached hydrogen (secondary N) is 2. The Morgan fingerprint density at radius 2 is 1.91 bits per heavy atom. The summed E-state index contributed by atoms with van der Waals surface area (Å²) in [6, 6.07) is 14.2. The average molecular weight is 477 g/mol. The van der Waals surface area contributed by atoms with Crippen molar-refractivity contribution >= 4 is 11.8 Å². The number of aryl methyl sites for hydroxylation is 1. The van der Waals surface area contributed by atoms with Gasteiger partial charge in [-0.2, -0.15) is 4.98 Å². The zero-order valence-corrected chi connectivity index (χ0v) is 20.4. The van der Waals surface area contributed by atoms with Crippen molar-refractivity contribution in [2.24, 2.45) is 0 Å². The molecule has 0 radical (unpaired) electrons. The van der Waals surface area contributed by atoms with Crippen molar-refractivity contribution in [2.45, 2.75) is 39.3 Å². The topological polar surface area (TPSA) is 76.1 Å². The Morgan fingerprint density at radius 1 is 1.14 bits per heavy atom. The van der Waals surface area contributed by atoms with Gasteiger partial charge in [0.05, 0.1) is 11.3 Å². The van der Waals surface area contributed by atoms with Gasteiger partial charge < -0.3 is 15.4 Å². The molecule has 184 valence electrons. The summed E-state index contributed by atoms with van der Waals surface area (Å²) in [4.78, 5) is 12.1. The quantitative estimate of drug-likeness (QED) is 0.379. The Bertz CT molecular complexity index is 1180. The molecule has 1 fully saturated rings. The average Bonchev–Trinajstić information content (AvgIpc) is 3.38. The number of aromatic nitrogens is 2. The molecule has 3 heterocycles. The summed E-state index contributed by atoms with van der Waals surface area (Å²) in [6.07, 6.45) is 2.48. The maximum Gasteiger partial charge on any atom is 0.239 e. The van der Waals surface area contributed by atoms with E-state index in [1.54, 1.807) is 6.07 Å². The maximum atomic E-state index is 14.5. The summed E-state index contributed by atoms with van der Waals surface area (Å²) < 4.78 is 13.3. The lowest BCUT2D eigenvalue weighted by molar-refractivity contribution is 0.249. The first kappa shape index (κ1) is 23.8. The molecule has 2 aliphatic heterocycles. The highest BCUT2D eigenvalue weighted by Gasteiger charge is 2.38. The normalized spacial score (nSPS) is 21.0. The van der Waals surface area contributed by atoms with Crippen LogP contribution in [0.3, 0.4) is 0 Å². The van der Waals surface area contributed by atoms with Gasteiger partial charge in [0.2, 0.25) is 11.8 Å². The molecule has 1 saturated heterocycles. The predicted octanol–water partition coefficient (Wildman–Crippen LogP) is 4.73. The van der Waals surface area contributed by atoms with Gasteiger partial charge in [-0.15, -0.1) is 0 Å². The third-order valence-electron chi connectivity index (χ3n) is 7.25. The first-order chi connectivity index (χ1) is 17.0. The van der Waals surface area contributed by atoms with Crippen molar-refractivity contribution < 1.29 is 4.39 Å². The second kappa shape index (κ2) is 9.99. The molecule has 7 nitrogen and oxygen atoms in total. The zero-order valence-electron chi connectivity index (χ0n) is 20.4. The number of hydroxylamine groups is 2. The fourth-order valence-electron chi connectivity index (χ4n) is 5.19. The van der Waals surface area contributed by atoms with E-state index in [9.17, 15) is 9.60 Å². The highest BCUT2D eigenvalue weighted by atomic mass is 19.1. The van der Waals surface area contributed by atoms with E-state index in [2.05, 4.69) is 15.5 Å². The number of quaternary nitrogens is 1. The van der Waals surface area contributed by atoms with E-state index in [-0.39, 0.29) is 18.5 Å². The standard InChI is InChI=1S/C27H33FN6O/c1-19-16-22(28)10-11-23(19)25-24-17-29-18-34(35,20(2)21-8-4-3-5-9-21)26(24)32-27(31-25)30-12-15-33-13-6-7-14-33/h3-5,8-11,16,20,29H,6-7,12-15,17-18H2,1-2H3,(H,30,31,32)/t20-,34?/m0/s1. The Balaban J connectivity index is 1.57. The van der Waals surface area contributed by atoms with E-state index in [1.807, 2.05) is 44.2 Å². The van der Waals surface area contributed by atoms with Crippen LogP contribution < -0.4 is 15.3 Å². The van der Waals surface area contributed by atoms with Gasteiger partial charge in [0.1, 0.15) is 18.5 Å². The van der Waals surface area contributed by atoms with Crippen molar-refractivity contribution in [2.75, 3.05) is 38.2 Å². The molecule has 2 N–H and O–H groups in total. The van der Waals surface area contributed by atoms with E-state index in [0.717, 1.165) is 41.9 Å². The van der Waals surface area contributed by atoms with Crippen LogP contribution in [0.2, 0.25) is 0 Å². The second-order valence-corrected chi connectivity index (χ2v) is 9.60. The number of benzene rings is 2. The molecule has 2 atom stereocenters. The summed E-state index contributed by atoms with van der Waals surface area (Å²) in [5.41, 5.74) is 4.00. The molecule has 8 heteroatoms. The summed E-state index contributed by atoms with van der Waals surface area (Å²) in [5.74, 6) is 0.627. The predicted molar refractivity (Wildman–Crippen MR) is 138 cm³/mol. The largest absolute Gasteiger partial charge is 0.625 e. The minimum Gasteiger partial charge on any atom is -0.625 e. The van der Waals surface area contributed by atoms with E-state index in [0.29, 0.717) is 30.5 Å². The maximum absolute atomic E-state index is 14.5. The van der Waals surface area contributed by atoms with Gasteiger partial charge in [0, 0.05) is 30.8 Å². The number of anilines is 1. The van der Waals surface area contributed by atoms with Gasteiger partial charge in [0.15, 0.2) is 0 Å². The number of halogens is 1. The molecule has 3 aromatic rings. The lowest BCUT2D eigenvalue weighted by Gasteiger charge is -2.49. The first-order valence-electron chi connectivity index (χ1n) is 12.4. The second-order valence-electron chi connectivity index (χ2n) is 9.60. The van der Waals surface area contributed by atoms with Crippen LogP contribution in [0.15, 0.2) is 48.5 Å². The number of nitrogens with zero attached hydrogens (tertiary/aromatic N) is 4. The van der Waals surface area contributed by atoms with Crippen molar-refractivity contribution in [3.8, 4) is 11.3 Å². The summed E-state index contributed by atoms with van der Waals surface area (Å²) in [5, 5.41) is 21.2. The van der Waals surface area contributed by atoms with Crippen LogP contribution in [-0.4, -0.2) is 47.7 Å². The minimum absolute atomic E-state index is 0.217. The molecule has 0 saturated carbocycles. The Labute approximate surface area is 206 Å². The molecule has 1 aromatic heterocycles. The summed E-state index contributed by atoms with van der Waals surface area (Å²) in [7, 11) is 0. The monoisotopic (exact) mass is 476 g/mol. The molecule has 5 rings (SSSR count). The van der Waals surface area contributed by atoms with Gasteiger partial charge in [-0.05, 0) is 63.5 Å². The number of rotatable bonds is 7. The summed E-state index contributed by atoms with van der Waals surface area (Å²) >= 11 is 0. The number of hydrogen-bond donors (Lipinski definition) is 2. The van der Waals surface area contributed by atoms with Crippen LogP contribution in [0.4, 0.5) is 16.2 Å². The van der Waals surface area contributed by atoms with E-state index in [4.69, 9.17) is 9.97 Å². The van der Waals surface area contributed by atoms with Gasteiger partial charge >= 0.3 is 0 Å². The zero-order chi connectivity index (χ0) is 24.4. The SMILES string of the molecule is Cc1cc(F)ccc1-c1nc(NCCN2CCCC2)nc2c1CNC[N+]2([O-])[C@@H](C)c1ccccc1. The van der Waals surface area contributed by atoms with E-state index >= 15 is 0 Å². The number of hydrogen-bond acceptors (Lipinski definition) is 6. The van der Waals surface area contributed by atoms with Crippen molar-refractivity contribution in [1.29, 1.82) is 0 Å².